The SMILES string of the molecule is CO[C@@H]1[C@H](O)[C@@H](COCC2=CCc3ccccc32)O[C@H]1n1cnc2c(N)ncnc21. The summed E-state index contributed by atoms with van der Waals surface area (Å²) in [5.41, 5.74) is 10.6. The molecule has 3 aromatic rings. The summed E-state index contributed by atoms with van der Waals surface area (Å²) in [5.74, 6) is 0.288. The molecule has 1 fully saturated rings. The fourth-order valence-electron chi connectivity index (χ4n) is 4.17. The fourth-order valence-corrected chi connectivity index (χ4v) is 4.17. The van der Waals surface area contributed by atoms with Crippen LogP contribution in [-0.2, 0) is 20.6 Å². The average molecular weight is 409 g/mol. The zero-order valence-electron chi connectivity index (χ0n) is 16.5. The second-order valence-corrected chi connectivity index (χ2v) is 7.44. The van der Waals surface area contributed by atoms with E-state index in [1.54, 1.807) is 10.9 Å². The molecule has 1 aromatic carbocycles. The van der Waals surface area contributed by atoms with Gasteiger partial charge in [-0.1, -0.05) is 30.3 Å². The Morgan fingerprint density at radius 3 is 3.00 bits per heavy atom. The Morgan fingerprint density at radius 2 is 2.13 bits per heavy atom. The van der Waals surface area contributed by atoms with Crippen LogP contribution in [0, 0.1) is 0 Å². The van der Waals surface area contributed by atoms with Gasteiger partial charge in [-0.25, -0.2) is 15.0 Å². The maximum atomic E-state index is 10.8. The van der Waals surface area contributed by atoms with Gasteiger partial charge in [-0.15, -0.1) is 0 Å². The Morgan fingerprint density at radius 1 is 1.27 bits per heavy atom. The molecule has 0 spiro atoms. The van der Waals surface area contributed by atoms with E-state index in [0.717, 1.165) is 12.0 Å². The standard InChI is InChI=1S/C21H23N5O4/c1-28-18-17(27)15(9-29-8-13-7-6-12-4-2-3-5-14(12)13)30-21(18)26-11-25-16-19(22)23-10-24-20(16)26/h2-5,7,10-11,15,17-18,21,27H,6,8-9H2,1H3,(H2,22,23,24)/t15-,17-,18-,21-/m1/s1. The Kier molecular flexibility index (Phi) is 4.95. The van der Waals surface area contributed by atoms with E-state index in [0.29, 0.717) is 17.8 Å². The van der Waals surface area contributed by atoms with Gasteiger partial charge in [0, 0.05) is 7.11 Å². The molecule has 1 aliphatic heterocycles. The van der Waals surface area contributed by atoms with Crippen LogP contribution >= 0.6 is 0 Å². The van der Waals surface area contributed by atoms with Crippen LogP contribution in [0.15, 0.2) is 43.0 Å². The van der Waals surface area contributed by atoms with Gasteiger partial charge in [-0.05, 0) is 23.1 Å². The smallest absolute Gasteiger partial charge is 0.167 e. The molecule has 3 heterocycles. The highest BCUT2D eigenvalue weighted by molar-refractivity contribution is 5.81. The maximum Gasteiger partial charge on any atom is 0.167 e. The first-order chi connectivity index (χ1) is 14.7. The first-order valence-corrected chi connectivity index (χ1v) is 9.81. The Hall–Kier alpha value is -2.85. The summed E-state index contributed by atoms with van der Waals surface area (Å²) in [5, 5.41) is 10.8. The van der Waals surface area contributed by atoms with Gasteiger partial charge in [-0.2, -0.15) is 0 Å². The largest absolute Gasteiger partial charge is 0.387 e. The zero-order chi connectivity index (χ0) is 20.7. The van der Waals surface area contributed by atoms with E-state index >= 15 is 0 Å². The summed E-state index contributed by atoms with van der Waals surface area (Å²) in [7, 11) is 1.54. The lowest BCUT2D eigenvalue weighted by Crippen LogP contribution is -2.35. The van der Waals surface area contributed by atoms with Gasteiger partial charge in [0.15, 0.2) is 17.7 Å². The number of ether oxygens (including phenoxy) is 3. The number of aliphatic hydroxyl groups excluding tert-OH is 1. The molecule has 0 bridgehead atoms. The van der Waals surface area contributed by atoms with Gasteiger partial charge in [0.2, 0.25) is 0 Å². The number of fused-ring (bicyclic) bond motifs is 2. The predicted molar refractivity (Wildman–Crippen MR) is 109 cm³/mol. The van der Waals surface area contributed by atoms with E-state index in [1.165, 1.54) is 24.6 Å². The van der Waals surface area contributed by atoms with Crippen LogP contribution in [0.4, 0.5) is 5.82 Å². The molecule has 0 saturated carbocycles. The molecule has 4 atom stereocenters. The highest BCUT2D eigenvalue weighted by Gasteiger charge is 2.45. The Labute approximate surface area is 173 Å². The number of aliphatic hydroxyl groups is 1. The molecular weight excluding hydrogens is 386 g/mol. The van der Waals surface area contributed by atoms with E-state index in [2.05, 4.69) is 33.2 Å². The number of nitrogens with two attached hydrogens (primary N) is 1. The van der Waals surface area contributed by atoms with Crippen molar-refractivity contribution in [3.8, 4) is 0 Å². The molecule has 1 aliphatic carbocycles. The highest BCUT2D eigenvalue weighted by Crippen LogP contribution is 2.34. The second-order valence-electron chi connectivity index (χ2n) is 7.44. The molecule has 1 saturated heterocycles. The lowest BCUT2D eigenvalue weighted by Gasteiger charge is -2.19. The van der Waals surface area contributed by atoms with Crippen molar-refractivity contribution in [2.24, 2.45) is 0 Å². The summed E-state index contributed by atoms with van der Waals surface area (Å²) in [6.45, 7) is 0.699. The third-order valence-corrected chi connectivity index (χ3v) is 5.72. The minimum absolute atomic E-state index is 0.237. The number of hydrogen-bond donors (Lipinski definition) is 2. The van der Waals surface area contributed by atoms with Crippen LogP contribution in [0.3, 0.4) is 0 Å². The maximum absolute atomic E-state index is 10.8. The Bertz CT molecular complexity index is 1100. The van der Waals surface area contributed by atoms with Gasteiger partial charge < -0.3 is 25.1 Å². The minimum Gasteiger partial charge on any atom is -0.387 e. The Balaban J connectivity index is 1.29. The van der Waals surface area contributed by atoms with Crippen LogP contribution < -0.4 is 5.73 Å². The van der Waals surface area contributed by atoms with Gasteiger partial charge in [-0.3, -0.25) is 4.57 Å². The van der Waals surface area contributed by atoms with Crippen LogP contribution in [-0.4, -0.2) is 63.3 Å². The quantitative estimate of drug-likeness (QED) is 0.626. The molecule has 2 aromatic heterocycles. The van der Waals surface area contributed by atoms with E-state index in [-0.39, 0.29) is 12.4 Å². The number of benzene rings is 1. The molecule has 156 valence electrons. The van der Waals surface area contributed by atoms with E-state index in [1.807, 2.05) is 12.1 Å². The minimum atomic E-state index is -0.860. The van der Waals surface area contributed by atoms with Crippen LogP contribution in [0.25, 0.3) is 16.7 Å². The van der Waals surface area contributed by atoms with Crippen LogP contribution in [0.5, 0.6) is 0 Å². The number of nitrogen functional groups attached to an aromatic ring is 1. The van der Waals surface area contributed by atoms with E-state index < -0.39 is 24.5 Å². The summed E-state index contributed by atoms with van der Waals surface area (Å²) >= 11 is 0. The van der Waals surface area contributed by atoms with Crippen molar-refractivity contribution in [1.29, 1.82) is 0 Å². The molecule has 2 aliphatic rings. The number of allylic oxidation sites excluding steroid dienone is 1. The van der Waals surface area contributed by atoms with Crippen molar-refractivity contribution in [1.82, 2.24) is 19.5 Å². The van der Waals surface area contributed by atoms with Crippen molar-refractivity contribution in [2.75, 3.05) is 26.1 Å². The predicted octanol–water partition coefficient (Wildman–Crippen LogP) is 1.34. The topological polar surface area (TPSA) is 118 Å². The highest BCUT2D eigenvalue weighted by atomic mass is 16.6. The van der Waals surface area contributed by atoms with Crippen molar-refractivity contribution in [3.63, 3.8) is 0 Å². The summed E-state index contributed by atoms with van der Waals surface area (Å²) in [6, 6.07) is 8.30. The van der Waals surface area contributed by atoms with E-state index in [9.17, 15) is 5.11 Å². The molecular formula is C21H23N5O4. The molecule has 0 unspecified atom stereocenters. The zero-order valence-corrected chi connectivity index (χ0v) is 16.5. The van der Waals surface area contributed by atoms with E-state index in [4.69, 9.17) is 19.9 Å². The first-order valence-electron chi connectivity index (χ1n) is 9.81. The van der Waals surface area contributed by atoms with Gasteiger partial charge in [0.25, 0.3) is 0 Å². The van der Waals surface area contributed by atoms with Crippen LogP contribution in [0.2, 0.25) is 0 Å². The number of methoxy groups -OCH3 is 1. The van der Waals surface area contributed by atoms with Gasteiger partial charge in [0.1, 0.15) is 30.2 Å². The molecule has 5 rings (SSSR count). The molecule has 0 radical (unpaired) electrons. The van der Waals surface area contributed by atoms with Gasteiger partial charge in [0.05, 0.1) is 19.5 Å². The lowest BCUT2D eigenvalue weighted by atomic mass is 10.1. The normalized spacial score (nSPS) is 25.6. The first kappa shape index (κ1) is 19.1. The third kappa shape index (κ3) is 3.16. The molecule has 0 amide bonds. The molecule has 9 heteroatoms. The monoisotopic (exact) mass is 409 g/mol. The number of hydrogen-bond acceptors (Lipinski definition) is 8. The molecule has 30 heavy (non-hydrogen) atoms. The summed E-state index contributed by atoms with van der Waals surface area (Å²) in [4.78, 5) is 12.5. The van der Waals surface area contributed by atoms with Crippen molar-refractivity contribution in [3.05, 3.63) is 54.1 Å². The third-order valence-electron chi connectivity index (χ3n) is 5.72. The van der Waals surface area contributed by atoms with Crippen LogP contribution in [0.1, 0.15) is 17.4 Å². The number of imidazole rings is 1. The van der Waals surface area contributed by atoms with Crippen molar-refractivity contribution in [2.45, 2.75) is 31.0 Å². The number of anilines is 1. The van der Waals surface area contributed by atoms with Crippen molar-refractivity contribution < 1.29 is 19.3 Å². The lowest BCUT2D eigenvalue weighted by molar-refractivity contribution is -0.0656. The number of nitrogens with zero attached hydrogens (tertiary/aromatic N) is 4. The van der Waals surface area contributed by atoms with Gasteiger partial charge >= 0.3 is 0 Å². The fraction of sp³-hybridized carbons (Fsp3) is 0.381. The molecule has 9 nitrogen and oxygen atoms in total. The number of rotatable bonds is 6. The summed E-state index contributed by atoms with van der Waals surface area (Å²) in [6.07, 6.45) is 3.43. The molecule has 3 N–H and O–H groups in total. The average Bonchev–Trinajstić information content (AvgIpc) is 3.45. The van der Waals surface area contributed by atoms with Crippen molar-refractivity contribution >= 4 is 22.6 Å². The second kappa shape index (κ2) is 7.77. The number of aromatic nitrogens is 4. The summed E-state index contributed by atoms with van der Waals surface area (Å²) < 4.78 is 19.3.